The minimum absolute atomic E-state index is 0.528. The van der Waals surface area contributed by atoms with Crippen molar-refractivity contribution >= 4 is 28.4 Å². The molecule has 1 saturated heterocycles. The maximum atomic E-state index is 9.63. The number of aromatic amines is 1. The minimum atomic E-state index is 0.528. The Balaban J connectivity index is 1.62. The number of nitrogens with one attached hydrogen (secondary N) is 1. The van der Waals surface area contributed by atoms with Gasteiger partial charge in [0.05, 0.1) is 29.8 Å². The van der Waals surface area contributed by atoms with Gasteiger partial charge in [0.2, 0.25) is 0 Å². The molecule has 1 aliphatic rings. The number of rotatable bonds is 3. The third kappa shape index (κ3) is 3.57. The van der Waals surface area contributed by atoms with Crippen molar-refractivity contribution in [3.63, 3.8) is 0 Å². The lowest BCUT2D eigenvalue weighted by Crippen LogP contribution is -2.36. The van der Waals surface area contributed by atoms with Crippen molar-refractivity contribution in [2.24, 2.45) is 0 Å². The van der Waals surface area contributed by atoms with E-state index in [0.29, 0.717) is 11.4 Å². The Labute approximate surface area is 158 Å². The number of nitriles is 1. The second-order valence-electron chi connectivity index (χ2n) is 6.90. The smallest absolute Gasteiger partial charge is 0.149 e. The number of allylic oxidation sites excluding steroid dienone is 1. The Morgan fingerprint density at radius 2 is 1.85 bits per heavy atom. The van der Waals surface area contributed by atoms with Crippen LogP contribution >= 0.6 is 0 Å². The average molecular weight is 358 g/mol. The fraction of sp³-hybridized carbons (Fsp3) is 0.273. The minimum Gasteiger partial charge on any atom is -0.378 e. The van der Waals surface area contributed by atoms with Crippen LogP contribution in [0.2, 0.25) is 0 Å². The molecule has 1 aliphatic heterocycles. The summed E-state index contributed by atoms with van der Waals surface area (Å²) in [5, 5.41) is 9.63. The van der Waals surface area contributed by atoms with E-state index in [4.69, 9.17) is 4.74 Å². The van der Waals surface area contributed by atoms with Gasteiger partial charge in [0.25, 0.3) is 0 Å². The number of nitrogens with zero attached hydrogens (tertiary/aromatic N) is 3. The summed E-state index contributed by atoms with van der Waals surface area (Å²) in [6, 6.07) is 14.7. The van der Waals surface area contributed by atoms with Crippen LogP contribution in [0.4, 0.5) is 5.69 Å². The van der Waals surface area contributed by atoms with Crippen molar-refractivity contribution < 1.29 is 4.74 Å². The maximum Gasteiger partial charge on any atom is 0.149 e. The third-order valence-corrected chi connectivity index (χ3v) is 5.05. The van der Waals surface area contributed by atoms with Gasteiger partial charge >= 0.3 is 0 Å². The molecule has 0 atom stereocenters. The SMILES string of the molecule is Cc1cc2nc(/C(C#N)=C/c3ccc(N4CCOCC4)cc3)[nH]c2cc1C. The number of benzene rings is 2. The molecule has 1 fully saturated rings. The zero-order valence-electron chi connectivity index (χ0n) is 15.6. The number of anilines is 1. The molecule has 2 heterocycles. The normalized spacial score (nSPS) is 15.1. The van der Waals surface area contributed by atoms with Gasteiger partial charge in [-0.25, -0.2) is 4.98 Å². The monoisotopic (exact) mass is 358 g/mol. The topological polar surface area (TPSA) is 64.9 Å². The van der Waals surface area contributed by atoms with Crippen LogP contribution in [-0.4, -0.2) is 36.3 Å². The van der Waals surface area contributed by atoms with E-state index in [1.807, 2.05) is 18.2 Å². The first-order valence-electron chi connectivity index (χ1n) is 9.16. The summed E-state index contributed by atoms with van der Waals surface area (Å²) in [6.45, 7) is 7.51. The predicted molar refractivity (Wildman–Crippen MR) is 109 cm³/mol. The molecular weight excluding hydrogens is 336 g/mol. The highest BCUT2D eigenvalue weighted by Crippen LogP contribution is 2.23. The molecule has 5 nitrogen and oxygen atoms in total. The molecule has 4 rings (SSSR count). The van der Waals surface area contributed by atoms with Crippen LogP contribution in [0.3, 0.4) is 0 Å². The number of ether oxygens (including phenoxy) is 1. The summed E-state index contributed by atoms with van der Waals surface area (Å²) in [7, 11) is 0. The highest BCUT2D eigenvalue weighted by Gasteiger charge is 2.12. The molecule has 3 aromatic rings. The van der Waals surface area contributed by atoms with Crippen molar-refractivity contribution in [1.82, 2.24) is 9.97 Å². The molecule has 136 valence electrons. The van der Waals surface area contributed by atoms with E-state index in [9.17, 15) is 5.26 Å². The zero-order valence-corrected chi connectivity index (χ0v) is 15.6. The van der Waals surface area contributed by atoms with Gasteiger partial charge in [-0.1, -0.05) is 12.1 Å². The van der Waals surface area contributed by atoms with E-state index in [0.717, 1.165) is 42.9 Å². The molecule has 0 unspecified atom stereocenters. The van der Waals surface area contributed by atoms with Crippen LogP contribution in [0.1, 0.15) is 22.5 Å². The molecule has 0 bridgehead atoms. The molecule has 0 saturated carbocycles. The average Bonchev–Trinajstić information content (AvgIpc) is 3.10. The van der Waals surface area contributed by atoms with Gasteiger partial charge < -0.3 is 14.6 Å². The van der Waals surface area contributed by atoms with Crippen molar-refractivity contribution in [2.75, 3.05) is 31.2 Å². The lowest BCUT2D eigenvalue weighted by atomic mass is 10.1. The van der Waals surface area contributed by atoms with E-state index < -0.39 is 0 Å². The van der Waals surface area contributed by atoms with E-state index in [1.165, 1.54) is 16.8 Å². The van der Waals surface area contributed by atoms with Crippen LogP contribution in [0.5, 0.6) is 0 Å². The summed E-state index contributed by atoms with van der Waals surface area (Å²) in [5.74, 6) is 0.606. The predicted octanol–water partition coefficient (Wildman–Crippen LogP) is 4.08. The first-order chi connectivity index (χ1) is 13.1. The van der Waals surface area contributed by atoms with Crippen LogP contribution in [0, 0.1) is 25.2 Å². The Hall–Kier alpha value is -3.10. The molecule has 5 heteroatoms. The molecule has 2 aromatic carbocycles. The van der Waals surface area contributed by atoms with Gasteiger partial charge in [-0.3, -0.25) is 0 Å². The quantitative estimate of drug-likeness (QED) is 0.717. The number of hydrogen-bond donors (Lipinski definition) is 1. The van der Waals surface area contributed by atoms with Gasteiger partial charge in [-0.05, 0) is 60.9 Å². The van der Waals surface area contributed by atoms with Crippen LogP contribution in [-0.2, 0) is 4.74 Å². The van der Waals surface area contributed by atoms with Gasteiger partial charge in [0, 0.05) is 18.8 Å². The van der Waals surface area contributed by atoms with Crippen molar-refractivity contribution in [1.29, 1.82) is 5.26 Å². The molecule has 27 heavy (non-hydrogen) atoms. The highest BCUT2D eigenvalue weighted by molar-refractivity contribution is 5.90. The highest BCUT2D eigenvalue weighted by atomic mass is 16.5. The molecule has 1 N–H and O–H groups in total. The molecule has 1 aromatic heterocycles. The number of fused-ring (bicyclic) bond motifs is 1. The zero-order chi connectivity index (χ0) is 18.8. The molecule has 0 radical (unpaired) electrons. The Kier molecular flexibility index (Phi) is 4.66. The number of morpholine rings is 1. The van der Waals surface area contributed by atoms with Crippen LogP contribution in [0.15, 0.2) is 36.4 Å². The van der Waals surface area contributed by atoms with Gasteiger partial charge in [0.1, 0.15) is 11.9 Å². The number of aryl methyl sites for hydroxylation is 2. The van der Waals surface area contributed by atoms with Crippen molar-refractivity contribution in [2.45, 2.75) is 13.8 Å². The van der Waals surface area contributed by atoms with E-state index in [-0.39, 0.29) is 0 Å². The van der Waals surface area contributed by atoms with Crippen LogP contribution < -0.4 is 4.90 Å². The van der Waals surface area contributed by atoms with Crippen molar-refractivity contribution in [3.8, 4) is 6.07 Å². The second-order valence-corrected chi connectivity index (χ2v) is 6.90. The second kappa shape index (κ2) is 7.26. The molecule has 0 amide bonds. The fourth-order valence-electron chi connectivity index (χ4n) is 3.32. The third-order valence-electron chi connectivity index (χ3n) is 5.05. The molecule has 0 aliphatic carbocycles. The Morgan fingerprint density at radius 1 is 1.15 bits per heavy atom. The van der Waals surface area contributed by atoms with E-state index >= 15 is 0 Å². The lowest BCUT2D eigenvalue weighted by Gasteiger charge is -2.28. The van der Waals surface area contributed by atoms with E-state index in [2.05, 4.69) is 59.1 Å². The molecule has 0 spiro atoms. The first-order valence-corrected chi connectivity index (χ1v) is 9.16. The largest absolute Gasteiger partial charge is 0.378 e. The number of aromatic nitrogens is 2. The van der Waals surface area contributed by atoms with Gasteiger partial charge in [-0.15, -0.1) is 0 Å². The van der Waals surface area contributed by atoms with Gasteiger partial charge in [0.15, 0.2) is 0 Å². The van der Waals surface area contributed by atoms with E-state index in [1.54, 1.807) is 0 Å². The summed E-state index contributed by atoms with van der Waals surface area (Å²) in [4.78, 5) is 10.2. The standard InChI is InChI=1S/C22H22N4O/c1-15-11-20-21(12-16(15)2)25-22(24-20)18(14-23)13-17-3-5-19(6-4-17)26-7-9-27-10-8-26/h3-6,11-13H,7-10H2,1-2H3,(H,24,25)/b18-13+. The molecular formula is C22H22N4O. The number of imidazole rings is 1. The maximum absolute atomic E-state index is 9.63. The Bertz CT molecular complexity index is 996. The van der Waals surface area contributed by atoms with Gasteiger partial charge in [-0.2, -0.15) is 5.26 Å². The lowest BCUT2D eigenvalue weighted by molar-refractivity contribution is 0.122. The summed E-state index contributed by atoms with van der Waals surface area (Å²) >= 11 is 0. The first kappa shape index (κ1) is 17.3. The summed E-state index contributed by atoms with van der Waals surface area (Å²) in [5.41, 5.74) is 6.94. The summed E-state index contributed by atoms with van der Waals surface area (Å²) in [6.07, 6.45) is 1.88. The summed E-state index contributed by atoms with van der Waals surface area (Å²) < 4.78 is 5.40. The Morgan fingerprint density at radius 3 is 2.56 bits per heavy atom. The van der Waals surface area contributed by atoms with Crippen molar-refractivity contribution in [3.05, 3.63) is 58.9 Å². The van der Waals surface area contributed by atoms with Crippen LogP contribution in [0.25, 0.3) is 22.7 Å². The number of H-pyrrole nitrogens is 1. The fourth-order valence-corrected chi connectivity index (χ4v) is 3.32. The number of hydrogen-bond acceptors (Lipinski definition) is 4.